The maximum atomic E-state index is 9.07. The number of ether oxygens (including phenoxy) is 1. The van der Waals surface area contributed by atoms with Gasteiger partial charge in [0.15, 0.2) is 0 Å². The minimum atomic E-state index is 0.0879. The van der Waals surface area contributed by atoms with Gasteiger partial charge in [0.25, 0.3) is 0 Å². The van der Waals surface area contributed by atoms with Crippen molar-refractivity contribution in [2.24, 2.45) is 5.41 Å². The van der Waals surface area contributed by atoms with Crippen LogP contribution in [0.1, 0.15) is 40.5 Å². The van der Waals surface area contributed by atoms with Gasteiger partial charge >= 0.3 is 0 Å². The zero-order valence-electron chi connectivity index (χ0n) is 10.7. The largest absolute Gasteiger partial charge is 0.395 e. The van der Waals surface area contributed by atoms with Crippen molar-refractivity contribution in [1.82, 2.24) is 5.32 Å². The first-order valence-corrected chi connectivity index (χ1v) is 5.91. The normalized spacial score (nSPS) is 14.2. The summed E-state index contributed by atoms with van der Waals surface area (Å²) < 4.78 is 5.54. The number of aliphatic hydroxyl groups excluding tert-OH is 1. The van der Waals surface area contributed by atoms with Crippen molar-refractivity contribution >= 4 is 0 Å². The highest BCUT2D eigenvalue weighted by molar-refractivity contribution is 4.65. The van der Waals surface area contributed by atoms with Crippen molar-refractivity contribution in [1.29, 1.82) is 0 Å². The third-order valence-electron chi connectivity index (χ3n) is 2.22. The van der Waals surface area contributed by atoms with Crippen LogP contribution in [0, 0.1) is 5.41 Å². The summed E-state index contributed by atoms with van der Waals surface area (Å²) in [6.45, 7) is 11.2. The van der Waals surface area contributed by atoms with Crippen molar-refractivity contribution in [3.8, 4) is 0 Å². The molecule has 0 fully saturated rings. The lowest BCUT2D eigenvalue weighted by atomic mass is 9.93. The van der Waals surface area contributed by atoms with Crippen molar-refractivity contribution in [3.05, 3.63) is 0 Å². The highest BCUT2D eigenvalue weighted by Gasteiger charge is 2.11. The Morgan fingerprint density at radius 1 is 1.33 bits per heavy atom. The molecule has 0 saturated heterocycles. The first kappa shape index (κ1) is 14.9. The molecule has 0 bridgehead atoms. The summed E-state index contributed by atoms with van der Waals surface area (Å²) in [5.74, 6) is 0. The Hall–Kier alpha value is -0.120. The second-order valence-corrected chi connectivity index (χ2v) is 5.22. The first-order valence-electron chi connectivity index (χ1n) is 5.91. The van der Waals surface area contributed by atoms with Gasteiger partial charge in [0, 0.05) is 6.61 Å². The lowest BCUT2D eigenvalue weighted by molar-refractivity contribution is 0.0728. The molecule has 0 aliphatic heterocycles. The van der Waals surface area contributed by atoms with Crippen molar-refractivity contribution in [3.63, 3.8) is 0 Å². The van der Waals surface area contributed by atoms with Gasteiger partial charge in [-0.05, 0) is 24.8 Å². The predicted molar refractivity (Wildman–Crippen MR) is 64.1 cm³/mol. The van der Waals surface area contributed by atoms with Gasteiger partial charge in [0.05, 0.1) is 19.3 Å². The number of hydrogen-bond donors (Lipinski definition) is 2. The Balaban J connectivity index is 3.46. The van der Waals surface area contributed by atoms with E-state index in [1.165, 1.54) is 0 Å². The lowest BCUT2D eigenvalue weighted by Gasteiger charge is -2.20. The van der Waals surface area contributed by atoms with Gasteiger partial charge in [-0.3, -0.25) is 0 Å². The molecule has 3 heteroatoms. The molecule has 0 radical (unpaired) electrons. The van der Waals surface area contributed by atoms with Crippen LogP contribution >= 0.6 is 0 Å². The van der Waals surface area contributed by atoms with Crippen LogP contribution in [0.2, 0.25) is 0 Å². The van der Waals surface area contributed by atoms with Crippen molar-refractivity contribution in [2.45, 2.75) is 46.6 Å². The molecule has 0 spiro atoms. The highest BCUT2D eigenvalue weighted by Crippen LogP contribution is 2.17. The van der Waals surface area contributed by atoms with E-state index in [9.17, 15) is 0 Å². The zero-order valence-corrected chi connectivity index (χ0v) is 10.7. The fourth-order valence-electron chi connectivity index (χ4n) is 1.13. The van der Waals surface area contributed by atoms with Crippen LogP contribution in [0.5, 0.6) is 0 Å². The van der Waals surface area contributed by atoms with E-state index >= 15 is 0 Å². The van der Waals surface area contributed by atoms with Crippen LogP contribution in [0.25, 0.3) is 0 Å². The number of nitrogens with one attached hydrogen (secondary N) is 1. The highest BCUT2D eigenvalue weighted by atomic mass is 16.5. The molecule has 2 N–H and O–H groups in total. The standard InChI is InChI=1S/C12H27NO2/c1-5-7-13-11(9-14)10-15-8-6-12(2,3)4/h11,13-14H,5-10H2,1-4H3. The number of aliphatic hydroxyl groups is 1. The van der Waals surface area contributed by atoms with Gasteiger partial charge in [-0.2, -0.15) is 0 Å². The molecular weight excluding hydrogens is 190 g/mol. The van der Waals surface area contributed by atoms with Crippen LogP contribution in [-0.4, -0.2) is 37.5 Å². The molecule has 1 atom stereocenters. The third kappa shape index (κ3) is 10.2. The molecule has 0 heterocycles. The van der Waals surface area contributed by atoms with Gasteiger partial charge in [-0.25, -0.2) is 0 Å². The summed E-state index contributed by atoms with van der Waals surface area (Å²) in [6, 6.07) is 0.0879. The van der Waals surface area contributed by atoms with E-state index in [4.69, 9.17) is 9.84 Å². The molecule has 0 rings (SSSR count). The van der Waals surface area contributed by atoms with E-state index in [1.807, 2.05) is 0 Å². The average Bonchev–Trinajstić information content (AvgIpc) is 2.15. The SMILES string of the molecule is CCCNC(CO)COCCC(C)(C)C. The Kier molecular flexibility index (Phi) is 8.02. The van der Waals surface area contributed by atoms with E-state index in [0.29, 0.717) is 12.0 Å². The minimum absolute atomic E-state index is 0.0879. The molecule has 15 heavy (non-hydrogen) atoms. The van der Waals surface area contributed by atoms with Gasteiger partial charge < -0.3 is 15.2 Å². The molecule has 92 valence electrons. The zero-order chi connectivity index (χ0) is 11.7. The van der Waals surface area contributed by atoms with Crippen LogP contribution in [0.4, 0.5) is 0 Å². The van der Waals surface area contributed by atoms with E-state index < -0.39 is 0 Å². The molecule has 0 aromatic heterocycles. The second kappa shape index (κ2) is 8.08. The maximum absolute atomic E-state index is 9.07. The summed E-state index contributed by atoms with van der Waals surface area (Å²) in [5, 5.41) is 12.3. The summed E-state index contributed by atoms with van der Waals surface area (Å²) in [5.41, 5.74) is 0.325. The Morgan fingerprint density at radius 3 is 2.47 bits per heavy atom. The molecule has 0 aromatic rings. The monoisotopic (exact) mass is 217 g/mol. The average molecular weight is 217 g/mol. The Morgan fingerprint density at radius 2 is 2.00 bits per heavy atom. The van der Waals surface area contributed by atoms with Gasteiger partial charge in [-0.15, -0.1) is 0 Å². The second-order valence-electron chi connectivity index (χ2n) is 5.22. The van der Waals surface area contributed by atoms with Crippen LogP contribution < -0.4 is 5.32 Å². The molecule has 1 unspecified atom stereocenters. The van der Waals surface area contributed by atoms with Crippen LogP contribution in [0.3, 0.4) is 0 Å². The molecule has 3 nitrogen and oxygen atoms in total. The molecule has 0 aliphatic carbocycles. The maximum Gasteiger partial charge on any atom is 0.0642 e. The summed E-state index contributed by atoms with van der Waals surface area (Å²) in [4.78, 5) is 0. The van der Waals surface area contributed by atoms with Crippen molar-refractivity contribution in [2.75, 3.05) is 26.4 Å². The van der Waals surface area contributed by atoms with Gasteiger partial charge in [-0.1, -0.05) is 27.7 Å². The third-order valence-corrected chi connectivity index (χ3v) is 2.22. The summed E-state index contributed by atoms with van der Waals surface area (Å²) >= 11 is 0. The quantitative estimate of drug-likeness (QED) is 0.609. The fraction of sp³-hybridized carbons (Fsp3) is 1.00. The molecule has 0 aliphatic rings. The summed E-state index contributed by atoms with van der Waals surface area (Å²) in [6.07, 6.45) is 2.14. The van der Waals surface area contributed by atoms with E-state index in [-0.39, 0.29) is 12.6 Å². The lowest BCUT2D eigenvalue weighted by Crippen LogP contribution is -2.37. The smallest absolute Gasteiger partial charge is 0.0642 e. The van der Waals surface area contributed by atoms with E-state index in [0.717, 1.165) is 26.0 Å². The number of hydrogen-bond acceptors (Lipinski definition) is 3. The first-order chi connectivity index (χ1) is 6.99. The minimum Gasteiger partial charge on any atom is -0.395 e. The molecule has 0 amide bonds. The molecular formula is C12H27NO2. The Bertz CT molecular complexity index is 143. The fourth-order valence-corrected chi connectivity index (χ4v) is 1.13. The topological polar surface area (TPSA) is 41.5 Å². The van der Waals surface area contributed by atoms with Gasteiger partial charge in [0.1, 0.15) is 0 Å². The molecule has 0 saturated carbocycles. The van der Waals surface area contributed by atoms with Crippen molar-refractivity contribution < 1.29 is 9.84 Å². The van der Waals surface area contributed by atoms with Crippen LogP contribution in [-0.2, 0) is 4.74 Å². The van der Waals surface area contributed by atoms with Gasteiger partial charge in [0.2, 0.25) is 0 Å². The predicted octanol–water partition coefficient (Wildman–Crippen LogP) is 1.80. The van der Waals surface area contributed by atoms with E-state index in [1.54, 1.807) is 0 Å². The van der Waals surface area contributed by atoms with E-state index in [2.05, 4.69) is 33.0 Å². The summed E-state index contributed by atoms with van der Waals surface area (Å²) in [7, 11) is 0. The van der Waals surface area contributed by atoms with Crippen LogP contribution in [0.15, 0.2) is 0 Å². The molecule has 0 aromatic carbocycles. The Labute approximate surface area is 94.2 Å². The number of rotatable bonds is 8.